The average molecular weight is 258 g/mol. The molecular weight excluding hydrogens is 248 g/mol. The molecule has 1 aromatic carbocycles. The summed E-state index contributed by atoms with van der Waals surface area (Å²) in [6, 6.07) is 11.2. The Morgan fingerprint density at radius 2 is 2.11 bits per heavy atom. The highest BCUT2D eigenvalue weighted by Gasteiger charge is 2.10. The lowest BCUT2D eigenvalue weighted by atomic mass is 10.3. The molecule has 0 radical (unpaired) electrons. The van der Waals surface area contributed by atoms with E-state index >= 15 is 0 Å². The first-order valence-electron chi connectivity index (χ1n) is 5.47. The van der Waals surface area contributed by atoms with Gasteiger partial charge in [-0.25, -0.2) is 9.78 Å². The fraction of sp³-hybridized carbons (Fsp3) is 0.0769. The van der Waals surface area contributed by atoms with E-state index < -0.39 is 5.97 Å². The Morgan fingerprint density at radius 3 is 2.89 bits per heavy atom. The van der Waals surface area contributed by atoms with Gasteiger partial charge in [0.25, 0.3) is 0 Å². The molecule has 3 aromatic rings. The van der Waals surface area contributed by atoms with E-state index in [4.69, 9.17) is 5.11 Å². The number of aromatic nitrogens is 2. The summed E-state index contributed by atoms with van der Waals surface area (Å²) < 4.78 is 2.82. The number of para-hydroxylation sites is 1. The number of hydrogen-bond donors (Lipinski definition) is 1. The minimum absolute atomic E-state index is 0.286. The summed E-state index contributed by atoms with van der Waals surface area (Å²) in [5.41, 5.74) is 1.25. The maximum atomic E-state index is 11.0. The molecule has 18 heavy (non-hydrogen) atoms. The van der Waals surface area contributed by atoms with Crippen molar-refractivity contribution in [2.75, 3.05) is 0 Å². The molecule has 0 spiro atoms. The van der Waals surface area contributed by atoms with Crippen molar-refractivity contribution in [2.24, 2.45) is 0 Å². The van der Waals surface area contributed by atoms with Crippen LogP contribution in [-0.4, -0.2) is 20.6 Å². The van der Waals surface area contributed by atoms with Gasteiger partial charge in [0.15, 0.2) is 0 Å². The number of nitrogens with zero attached hydrogens (tertiary/aromatic N) is 2. The Bertz CT molecular complexity index is 681. The van der Waals surface area contributed by atoms with Gasteiger partial charge in [0.05, 0.1) is 16.8 Å². The van der Waals surface area contributed by atoms with E-state index in [1.807, 2.05) is 24.3 Å². The van der Waals surface area contributed by atoms with Crippen LogP contribution in [0, 0.1) is 0 Å². The summed E-state index contributed by atoms with van der Waals surface area (Å²) in [6.07, 6.45) is 1.76. The number of aromatic carboxylic acids is 1. The maximum absolute atomic E-state index is 11.0. The first-order valence-corrected chi connectivity index (χ1v) is 6.28. The highest BCUT2D eigenvalue weighted by molar-refractivity contribution is 7.18. The second-order valence-corrected chi connectivity index (χ2v) is 5.02. The standard InChI is InChI=1S/C13H10N2O2S/c16-13(17)10-5-3-7-15(10)8-12-14-9-4-1-2-6-11(9)18-12/h1-7H,8H2,(H,16,17). The van der Waals surface area contributed by atoms with Crippen LogP contribution in [-0.2, 0) is 6.54 Å². The zero-order valence-electron chi connectivity index (χ0n) is 9.41. The summed E-state index contributed by atoms with van der Waals surface area (Å²) in [6.45, 7) is 0.494. The molecule has 0 saturated carbocycles. The molecule has 90 valence electrons. The fourth-order valence-corrected chi connectivity index (χ4v) is 2.85. The number of thiazole rings is 1. The first kappa shape index (κ1) is 11.0. The zero-order chi connectivity index (χ0) is 12.5. The third kappa shape index (κ3) is 1.89. The van der Waals surface area contributed by atoms with Crippen LogP contribution in [0.1, 0.15) is 15.5 Å². The van der Waals surface area contributed by atoms with Crippen molar-refractivity contribution in [1.82, 2.24) is 9.55 Å². The van der Waals surface area contributed by atoms with E-state index in [2.05, 4.69) is 4.98 Å². The smallest absolute Gasteiger partial charge is 0.352 e. The van der Waals surface area contributed by atoms with Crippen molar-refractivity contribution in [3.8, 4) is 0 Å². The molecule has 2 aromatic heterocycles. The van der Waals surface area contributed by atoms with Crippen molar-refractivity contribution in [2.45, 2.75) is 6.54 Å². The highest BCUT2D eigenvalue weighted by atomic mass is 32.1. The molecule has 3 rings (SSSR count). The van der Waals surface area contributed by atoms with Crippen molar-refractivity contribution >= 4 is 27.5 Å². The Labute approximate surface area is 107 Å². The molecule has 5 heteroatoms. The Balaban J connectivity index is 1.96. The zero-order valence-corrected chi connectivity index (χ0v) is 10.2. The van der Waals surface area contributed by atoms with E-state index in [-0.39, 0.29) is 5.69 Å². The molecule has 2 heterocycles. The molecule has 0 aliphatic rings. The van der Waals surface area contributed by atoms with Gasteiger partial charge in [-0.15, -0.1) is 11.3 Å². The number of carboxylic acids is 1. The van der Waals surface area contributed by atoms with Crippen molar-refractivity contribution < 1.29 is 9.90 Å². The van der Waals surface area contributed by atoms with Crippen LogP contribution in [0.5, 0.6) is 0 Å². The number of benzene rings is 1. The largest absolute Gasteiger partial charge is 0.477 e. The van der Waals surface area contributed by atoms with Gasteiger partial charge in [0, 0.05) is 6.20 Å². The predicted molar refractivity (Wildman–Crippen MR) is 70.1 cm³/mol. The molecule has 0 unspecified atom stereocenters. The lowest BCUT2D eigenvalue weighted by Crippen LogP contribution is -2.08. The molecule has 0 saturated heterocycles. The second kappa shape index (κ2) is 4.27. The summed E-state index contributed by atoms with van der Waals surface area (Å²) in [7, 11) is 0. The van der Waals surface area contributed by atoms with Gasteiger partial charge in [-0.3, -0.25) is 0 Å². The number of fused-ring (bicyclic) bond motifs is 1. The molecule has 4 nitrogen and oxygen atoms in total. The van der Waals surface area contributed by atoms with Gasteiger partial charge >= 0.3 is 5.97 Å². The van der Waals surface area contributed by atoms with Gasteiger partial charge in [-0.2, -0.15) is 0 Å². The molecule has 0 aliphatic carbocycles. The Kier molecular flexibility index (Phi) is 2.60. The number of carbonyl (C=O) groups is 1. The SMILES string of the molecule is O=C(O)c1cccn1Cc1nc2ccccc2s1. The molecule has 0 aliphatic heterocycles. The predicted octanol–water partition coefficient (Wildman–Crippen LogP) is 2.84. The van der Waals surface area contributed by atoms with E-state index in [1.165, 1.54) is 0 Å². The Morgan fingerprint density at radius 1 is 1.28 bits per heavy atom. The first-order chi connectivity index (χ1) is 8.74. The van der Waals surface area contributed by atoms with Crippen molar-refractivity contribution in [3.63, 3.8) is 0 Å². The van der Waals surface area contributed by atoms with Crippen LogP contribution in [0.3, 0.4) is 0 Å². The monoisotopic (exact) mass is 258 g/mol. The number of rotatable bonds is 3. The molecule has 0 atom stereocenters. The van der Waals surface area contributed by atoms with E-state index in [9.17, 15) is 4.79 Å². The molecule has 0 amide bonds. The summed E-state index contributed by atoms with van der Waals surface area (Å²) in [5.74, 6) is -0.916. The van der Waals surface area contributed by atoms with Crippen LogP contribution in [0.15, 0.2) is 42.6 Å². The lowest BCUT2D eigenvalue weighted by molar-refractivity contribution is 0.0685. The van der Waals surface area contributed by atoms with E-state index in [0.717, 1.165) is 15.2 Å². The van der Waals surface area contributed by atoms with Crippen molar-refractivity contribution in [1.29, 1.82) is 0 Å². The molecule has 0 bridgehead atoms. The van der Waals surface area contributed by atoms with Gasteiger partial charge in [0.2, 0.25) is 0 Å². The summed E-state index contributed by atoms with van der Waals surface area (Å²) in [4.78, 5) is 15.5. The fourth-order valence-electron chi connectivity index (χ4n) is 1.88. The average Bonchev–Trinajstić information content (AvgIpc) is 2.94. The topological polar surface area (TPSA) is 55.1 Å². The van der Waals surface area contributed by atoms with Gasteiger partial charge < -0.3 is 9.67 Å². The minimum Gasteiger partial charge on any atom is -0.477 e. The quantitative estimate of drug-likeness (QED) is 0.786. The lowest BCUT2D eigenvalue weighted by Gasteiger charge is -2.02. The van der Waals surface area contributed by atoms with Gasteiger partial charge in [-0.05, 0) is 24.3 Å². The Hall–Kier alpha value is -2.14. The van der Waals surface area contributed by atoms with E-state index in [0.29, 0.717) is 6.54 Å². The van der Waals surface area contributed by atoms with Crippen LogP contribution in [0.4, 0.5) is 0 Å². The minimum atomic E-state index is -0.916. The van der Waals surface area contributed by atoms with Crippen molar-refractivity contribution in [3.05, 3.63) is 53.3 Å². The molecular formula is C13H10N2O2S. The molecule has 0 fully saturated rings. The summed E-state index contributed by atoms with van der Waals surface area (Å²) in [5, 5.41) is 9.95. The highest BCUT2D eigenvalue weighted by Crippen LogP contribution is 2.22. The summed E-state index contributed by atoms with van der Waals surface area (Å²) >= 11 is 1.59. The van der Waals surface area contributed by atoms with Crippen LogP contribution >= 0.6 is 11.3 Å². The van der Waals surface area contributed by atoms with E-state index in [1.54, 1.807) is 34.2 Å². The van der Waals surface area contributed by atoms with Gasteiger partial charge in [-0.1, -0.05) is 12.1 Å². The molecule has 1 N–H and O–H groups in total. The van der Waals surface area contributed by atoms with Crippen LogP contribution < -0.4 is 0 Å². The third-order valence-corrected chi connectivity index (χ3v) is 3.71. The number of hydrogen-bond acceptors (Lipinski definition) is 3. The van der Waals surface area contributed by atoms with Crippen LogP contribution in [0.25, 0.3) is 10.2 Å². The normalized spacial score (nSPS) is 10.9. The number of carboxylic acid groups (broad SMARTS) is 1. The third-order valence-electron chi connectivity index (χ3n) is 2.69. The van der Waals surface area contributed by atoms with Crippen LogP contribution in [0.2, 0.25) is 0 Å². The van der Waals surface area contributed by atoms with Gasteiger partial charge in [0.1, 0.15) is 10.7 Å². The maximum Gasteiger partial charge on any atom is 0.352 e. The second-order valence-electron chi connectivity index (χ2n) is 3.90.